The number of hydrogen-bond donors (Lipinski definition) is 0. The number of ketones is 1. The van der Waals surface area contributed by atoms with Gasteiger partial charge in [-0.05, 0) is 12.5 Å². The molecule has 0 N–H and O–H groups in total. The molecule has 3 nitrogen and oxygen atoms in total. The highest BCUT2D eigenvalue weighted by atomic mass is 32.2. The quantitative estimate of drug-likeness (QED) is 0.746. The summed E-state index contributed by atoms with van der Waals surface area (Å²) in [6.07, 6.45) is 2.30. The predicted molar refractivity (Wildman–Crippen MR) is 62.1 cm³/mol. The smallest absolute Gasteiger partial charge is 0.203 e. The minimum atomic E-state index is -3.49. The summed E-state index contributed by atoms with van der Waals surface area (Å²) in [5, 5.41) is 0. The maximum absolute atomic E-state index is 12.0. The zero-order valence-electron chi connectivity index (χ0n) is 8.67. The maximum Gasteiger partial charge on any atom is 0.203 e. The average Bonchev–Trinajstić information content (AvgIpc) is 2.25. The summed E-state index contributed by atoms with van der Waals surface area (Å²) in [6.45, 7) is 1.43. The van der Waals surface area contributed by atoms with Crippen molar-refractivity contribution < 1.29 is 13.2 Å². The van der Waals surface area contributed by atoms with Crippen molar-refractivity contribution >= 4 is 20.5 Å². The van der Waals surface area contributed by atoms with E-state index in [9.17, 15) is 13.2 Å². The highest BCUT2D eigenvalue weighted by Crippen LogP contribution is 2.29. The van der Waals surface area contributed by atoms with Gasteiger partial charge in [0.05, 0.1) is 4.91 Å². The van der Waals surface area contributed by atoms with Crippen LogP contribution in [0.2, 0.25) is 0 Å². The molecular formula is C12H10O3S. The van der Waals surface area contributed by atoms with E-state index in [1.165, 1.54) is 6.92 Å². The van der Waals surface area contributed by atoms with Gasteiger partial charge >= 0.3 is 0 Å². The van der Waals surface area contributed by atoms with Gasteiger partial charge in [0.1, 0.15) is 0 Å². The molecular weight excluding hydrogens is 224 g/mol. The van der Waals surface area contributed by atoms with Crippen LogP contribution in [0.5, 0.6) is 0 Å². The van der Waals surface area contributed by atoms with E-state index in [1.807, 2.05) is 0 Å². The van der Waals surface area contributed by atoms with Crippen molar-refractivity contribution in [3.63, 3.8) is 0 Å². The van der Waals surface area contributed by atoms with E-state index in [0.717, 1.165) is 12.2 Å². The zero-order chi connectivity index (χ0) is 11.8. The largest absolute Gasteiger partial charge is 0.290 e. The molecule has 1 aromatic carbocycles. The second kappa shape index (κ2) is 3.72. The average molecular weight is 234 g/mol. The Bertz CT molecular complexity index is 592. The lowest BCUT2D eigenvalue weighted by molar-refractivity contribution is -0.110. The first kappa shape index (κ1) is 10.8. The number of carbonyl (C=O) groups excluding carboxylic acids is 1. The van der Waals surface area contributed by atoms with E-state index < -0.39 is 9.84 Å². The number of benzene rings is 1. The molecule has 0 saturated carbocycles. The maximum atomic E-state index is 12.0. The third-order valence-electron chi connectivity index (χ3n) is 2.39. The molecule has 1 aliphatic heterocycles. The molecule has 0 amide bonds. The molecule has 0 unspecified atom stereocenters. The molecule has 0 aliphatic carbocycles. The summed E-state index contributed by atoms with van der Waals surface area (Å²) in [5.41, 5.74) is 0.545. The van der Waals surface area contributed by atoms with Crippen molar-refractivity contribution in [3.8, 4) is 0 Å². The molecule has 0 bridgehead atoms. The number of carbonyl (C=O) groups is 1. The predicted octanol–water partition coefficient (Wildman–Crippen LogP) is 1.93. The van der Waals surface area contributed by atoms with Gasteiger partial charge in [0.25, 0.3) is 0 Å². The molecule has 0 radical (unpaired) electrons. The normalized spacial score (nSPS) is 18.9. The molecule has 0 spiro atoms. The molecule has 16 heavy (non-hydrogen) atoms. The Morgan fingerprint density at radius 2 is 1.62 bits per heavy atom. The van der Waals surface area contributed by atoms with Gasteiger partial charge in [-0.2, -0.15) is 0 Å². The molecule has 0 fully saturated rings. The molecule has 0 atom stereocenters. The fraction of sp³-hybridized carbons (Fsp3) is 0.0833. The third-order valence-corrected chi connectivity index (χ3v) is 4.29. The van der Waals surface area contributed by atoms with E-state index in [0.29, 0.717) is 5.56 Å². The number of allylic oxidation sites excluding steroid dienone is 3. The second-order valence-electron chi connectivity index (χ2n) is 3.54. The summed E-state index contributed by atoms with van der Waals surface area (Å²) < 4.78 is 23.9. The Balaban J connectivity index is 2.62. The van der Waals surface area contributed by atoms with Gasteiger partial charge in [0, 0.05) is 17.1 Å². The first-order chi connectivity index (χ1) is 7.51. The van der Waals surface area contributed by atoms with E-state index in [-0.39, 0.29) is 15.6 Å². The number of sulfone groups is 1. The molecule has 0 aromatic heterocycles. The van der Waals surface area contributed by atoms with Crippen LogP contribution >= 0.6 is 0 Å². The van der Waals surface area contributed by atoms with Gasteiger partial charge in [-0.25, -0.2) is 8.42 Å². The fourth-order valence-electron chi connectivity index (χ4n) is 1.54. The van der Waals surface area contributed by atoms with Crippen molar-refractivity contribution in [1.82, 2.24) is 0 Å². The highest BCUT2D eigenvalue weighted by molar-refractivity contribution is 8.04. The van der Waals surface area contributed by atoms with E-state index in [1.54, 1.807) is 30.3 Å². The monoisotopic (exact) mass is 234 g/mol. The van der Waals surface area contributed by atoms with Gasteiger partial charge < -0.3 is 0 Å². The van der Waals surface area contributed by atoms with Gasteiger partial charge in [-0.1, -0.05) is 30.3 Å². The third kappa shape index (κ3) is 1.72. The molecule has 0 saturated heterocycles. The molecule has 4 heteroatoms. The molecule has 1 aliphatic rings. The van der Waals surface area contributed by atoms with E-state index in [2.05, 4.69) is 0 Å². The van der Waals surface area contributed by atoms with Crippen LogP contribution in [-0.2, 0) is 14.6 Å². The number of rotatable bonds is 1. The minimum Gasteiger partial charge on any atom is -0.290 e. The van der Waals surface area contributed by atoms with Crippen molar-refractivity contribution in [2.45, 2.75) is 6.92 Å². The SMILES string of the molecule is CC1=CC(=O)C=C(c2ccccc2)S1(=O)=O. The Kier molecular flexibility index (Phi) is 2.52. The molecule has 1 heterocycles. The Hall–Kier alpha value is -1.68. The summed E-state index contributed by atoms with van der Waals surface area (Å²) in [4.78, 5) is 11.5. The lowest BCUT2D eigenvalue weighted by atomic mass is 10.2. The van der Waals surface area contributed by atoms with Crippen LogP contribution < -0.4 is 0 Å². The fourth-order valence-corrected chi connectivity index (χ4v) is 2.88. The van der Waals surface area contributed by atoms with Crippen LogP contribution in [0, 0.1) is 0 Å². The van der Waals surface area contributed by atoms with E-state index >= 15 is 0 Å². The van der Waals surface area contributed by atoms with Crippen LogP contribution in [0.3, 0.4) is 0 Å². The van der Waals surface area contributed by atoms with Crippen molar-refractivity contribution in [1.29, 1.82) is 0 Å². The first-order valence-corrected chi connectivity index (χ1v) is 6.24. The number of hydrogen-bond acceptors (Lipinski definition) is 3. The van der Waals surface area contributed by atoms with Crippen LogP contribution in [0.25, 0.3) is 4.91 Å². The first-order valence-electron chi connectivity index (χ1n) is 4.76. The minimum absolute atomic E-state index is 0.0816. The van der Waals surface area contributed by atoms with Crippen LogP contribution in [0.4, 0.5) is 0 Å². The molecule has 2 rings (SSSR count). The van der Waals surface area contributed by atoms with Crippen molar-refractivity contribution in [2.75, 3.05) is 0 Å². The summed E-state index contributed by atoms with van der Waals surface area (Å²) >= 11 is 0. The zero-order valence-corrected chi connectivity index (χ0v) is 9.49. The van der Waals surface area contributed by atoms with Crippen molar-refractivity contribution in [3.05, 3.63) is 53.0 Å². The summed E-state index contributed by atoms with van der Waals surface area (Å²) in [5.74, 6) is -0.286. The Morgan fingerprint density at radius 1 is 1.00 bits per heavy atom. The Morgan fingerprint density at radius 3 is 2.25 bits per heavy atom. The molecule has 82 valence electrons. The van der Waals surface area contributed by atoms with Crippen LogP contribution in [0.15, 0.2) is 47.4 Å². The van der Waals surface area contributed by atoms with Gasteiger partial charge in [-0.3, -0.25) is 4.79 Å². The van der Waals surface area contributed by atoms with Crippen LogP contribution in [0.1, 0.15) is 12.5 Å². The van der Waals surface area contributed by atoms with Gasteiger partial charge in [0.15, 0.2) is 5.78 Å². The topological polar surface area (TPSA) is 51.2 Å². The highest BCUT2D eigenvalue weighted by Gasteiger charge is 2.26. The van der Waals surface area contributed by atoms with Gasteiger partial charge in [-0.15, -0.1) is 0 Å². The molecule has 1 aromatic rings. The summed E-state index contributed by atoms with van der Waals surface area (Å²) in [7, 11) is -3.49. The van der Waals surface area contributed by atoms with Gasteiger partial charge in [0.2, 0.25) is 9.84 Å². The Labute approximate surface area is 94.0 Å². The second-order valence-corrected chi connectivity index (χ2v) is 5.63. The van der Waals surface area contributed by atoms with E-state index in [4.69, 9.17) is 0 Å². The standard InChI is InChI=1S/C12H10O3S/c1-9-7-11(13)8-12(16(9,14)15)10-5-3-2-4-6-10/h2-8H,1H3. The van der Waals surface area contributed by atoms with Crippen molar-refractivity contribution in [2.24, 2.45) is 0 Å². The lowest BCUT2D eigenvalue weighted by Gasteiger charge is -2.12. The van der Waals surface area contributed by atoms with Crippen LogP contribution in [-0.4, -0.2) is 14.2 Å². The summed E-state index contributed by atoms with van der Waals surface area (Å²) in [6, 6.07) is 8.63. The lowest BCUT2D eigenvalue weighted by Crippen LogP contribution is -2.12.